The monoisotopic (exact) mass is 176 g/mol. The van der Waals surface area contributed by atoms with E-state index in [1.54, 1.807) is 0 Å². The summed E-state index contributed by atoms with van der Waals surface area (Å²) in [4.78, 5) is 10.3. The topological polar surface area (TPSA) is 26.3 Å². The predicted molar refractivity (Wildman–Crippen MR) is 54.2 cm³/mol. The summed E-state index contributed by atoms with van der Waals surface area (Å²) in [5.41, 5.74) is 0. The van der Waals surface area contributed by atoms with Gasteiger partial charge in [0.15, 0.2) is 0 Å². The fourth-order valence-corrected chi connectivity index (χ4v) is 0.745. The Morgan fingerprint density at radius 3 is 2.17 bits per heavy atom. The second kappa shape index (κ2) is 13.1. The quantitative estimate of drug-likeness (QED) is 0.474. The maximum Gasteiger partial charge on any atom is 0.302 e. The summed E-state index contributed by atoms with van der Waals surface area (Å²) in [6.45, 7) is 4.20. The van der Waals surface area contributed by atoms with E-state index in [0.717, 1.165) is 6.42 Å². The van der Waals surface area contributed by atoms with Gasteiger partial charge in [-0.3, -0.25) is 4.79 Å². The van der Waals surface area contributed by atoms with Gasteiger partial charge in [-0.15, -0.1) is 0 Å². The van der Waals surface area contributed by atoms with Gasteiger partial charge in [-0.25, -0.2) is 0 Å². The molecule has 0 radical (unpaired) electrons. The van der Waals surface area contributed by atoms with Gasteiger partial charge in [0, 0.05) is 6.92 Å². The summed E-state index contributed by atoms with van der Waals surface area (Å²) in [5.74, 6) is -0.170. The van der Waals surface area contributed by atoms with E-state index in [9.17, 15) is 4.79 Å². The van der Waals surface area contributed by atoms with Crippen LogP contribution in [-0.4, -0.2) is 12.6 Å². The lowest BCUT2D eigenvalue weighted by Gasteiger charge is -1.99. The average Bonchev–Trinajstić information content (AvgIpc) is 1.87. The first-order valence-corrected chi connectivity index (χ1v) is 3.90. The zero-order valence-electron chi connectivity index (χ0n) is 6.85. The molecule has 0 atom stereocenters. The maximum absolute atomic E-state index is 10.3. The first-order chi connectivity index (χ1) is 4.77. The van der Waals surface area contributed by atoms with E-state index < -0.39 is 0 Å². The lowest BCUT2D eigenvalue weighted by molar-refractivity contribution is -0.141. The van der Waals surface area contributed by atoms with Gasteiger partial charge in [0.25, 0.3) is 0 Å². The number of unbranched alkanes of at least 4 members (excludes halogenated alkanes) is 3. The van der Waals surface area contributed by atoms with Crippen LogP contribution in [0.3, 0.4) is 0 Å². The SMILES string of the molecule is C.C.CCCCCCOC(C)=O. The molecule has 0 aliphatic carbocycles. The van der Waals surface area contributed by atoms with Crippen molar-refractivity contribution >= 4 is 5.97 Å². The van der Waals surface area contributed by atoms with E-state index in [1.807, 2.05) is 0 Å². The molecule has 0 aromatic rings. The summed E-state index contributed by atoms with van der Waals surface area (Å²) in [6.07, 6.45) is 4.64. The van der Waals surface area contributed by atoms with Crippen molar-refractivity contribution in [2.75, 3.05) is 6.61 Å². The molecule has 12 heavy (non-hydrogen) atoms. The Bertz CT molecular complexity index is 89.8. The normalized spacial score (nSPS) is 7.83. The molecule has 0 saturated carbocycles. The minimum Gasteiger partial charge on any atom is -0.466 e. The Hall–Kier alpha value is -0.530. The Morgan fingerprint density at radius 1 is 1.17 bits per heavy atom. The second-order valence-corrected chi connectivity index (χ2v) is 2.40. The van der Waals surface area contributed by atoms with Crippen LogP contribution in [0.1, 0.15) is 54.4 Å². The lowest BCUT2D eigenvalue weighted by atomic mass is 10.2. The molecule has 0 rings (SSSR count). The Balaban J connectivity index is -0.000000405. The highest BCUT2D eigenvalue weighted by molar-refractivity contribution is 5.65. The lowest BCUT2D eigenvalue weighted by Crippen LogP contribution is -1.99. The first kappa shape index (κ1) is 17.5. The molecule has 0 spiro atoms. The number of carbonyl (C=O) groups excluding carboxylic acids is 1. The smallest absolute Gasteiger partial charge is 0.302 e. The molecule has 0 fully saturated rings. The van der Waals surface area contributed by atoms with E-state index in [-0.39, 0.29) is 20.8 Å². The molecular formula is C10H24O2. The molecule has 0 heterocycles. The largest absolute Gasteiger partial charge is 0.466 e. The van der Waals surface area contributed by atoms with Crippen LogP contribution in [0.2, 0.25) is 0 Å². The fourth-order valence-electron chi connectivity index (χ4n) is 0.745. The van der Waals surface area contributed by atoms with Gasteiger partial charge >= 0.3 is 5.97 Å². The average molecular weight is 176 g/mol. The van der Waals surface area contributed by atoms with Crippen molar-refractivity contribution in [1.82, 2.24) is 0 Å². The van der Waals surface area contributed by atoms with Gasteiger partial charge in [-0.2, -0.15) is 0 Å². The van der Waals surface area contributed by atoms with Gasteiger partial charge < -0.3 is 4.74 Å². The molecule has 0 amide bonds. The van der Waals surface area contributed by atoms with Crippen molar-refractivity contribution in [2.45, 2.75) is 54.4 Å². The van der Waals surface area contributed by atoms with Crippen molar-refractivity contribution in [2.24, 2.45) is 0 Å². The maximum atomic E-state index is 10.3. The number of hydrogen-bond acceptors (Lipinski definition) is 2. The van der Waals surface area contributed by atoms with Crippen LogP contribution in [0.5, 0.6) is 0 Å². The molecule has 0 aliphatic rings. The van der Waals surface area contributed by atoms with Crippen molar-refractivity contribution in [3.63, 3.8) is 0 Å². The Kier molecular flexibility index (Phi) is 19.1. The summed E-state index contributed by atoms with van der Waals surface area (Å²) in [5, 5.41) is 0. The number of carbonyl (C=O) groups is 1. The molecule has 0 aliphatic heterocycles. The molecular weight excluding hydrogens is 152 g/mol. The summed E-state index contributed by atoms with van der Waals surface area (Å²) >= 11 is 0. The third-order valence-electron chi connectivity index (χ3n) is 1.30. The van der Waals surface area contributed by atoms with Crippen LogP contribution in [-0.2, 0) is 9.53 Å². The number of esters is 1. The molecule has 0 unspecified atom stereocenters. The molecule has 0 bridgehead atoms. The highest BCUT2D eigenvalue weighted by Gasteiger charge is 1.91. The highest BCUT2D eigenvalue weighted by Crippen LogP contribution is 1.98. The van der Waals surface area contributed by atoms with Crippen LogP contribution in [0.4, 0.5) is 0 Å². The standard InChI is InChI=1S/C8H16O2.2CH4/c1-3-4-5-6-7-10-8(2)9;;/h3-7H2,1-2H3;2*1H4. The molecule has 0 aromatic heterocycles. The fraction of sp³-hybridized carbons (Fsp3) is 0.900. The van der Waals surface area contributed by atoms with Crippen LogP contribution in [0, 0.1) is 0 Å². The van der Waals surface area contributed by atoms with Crippen molar-refractivity contribution < 1.29 is 9.53 Å². The molecule has 76 valence electrons. The van der Waals surface area contributed by atoms with Gasteiger partial charge in [0.1, 0.15) is 0 Å². The minimum atomic E-state index is -0.170. The predicted octanol–water partition coefficient (Wildman–Crippen LogP) is 3.40. The van der Waals surface area contributed by atoms with Gasteiger partial charge in [0.05, 0.1) is 6.61 Å². The highest BCUT2D eigenvalue weighted by atomic mass is 16.5. The van der Waals surface area contributed by atoms with Crippen LogP contribution in [0.25, 0.3) is 0 Å². The van der Waals surface area contributed by atoms with E-state index in [4.69, 9.17) is 4.74 Å². The van der Waals surface area contributed by atoms with E-state index in [2.05, 4.69) is 6.92 Å². The summed E-state index contributed by atoms with van der Waals surface area (Å²) in [7, 11) is 0. The Labute approximate surface area is 77.3 Å². The van der Waals surface area contributed by atoms with E-state index >= 15 is 0 Å². The van der Waals surface area contributed by atoms with E-state index in [1.165, 1.54) is 26.2 Å². The molecule has 0 aromatic carbocycles. The number of hydrogen-bond donors (Lipinski definition) is 0. The zero-order valence-corrected chi connectivity index (χ0v) is 6.85. The first-order valence-electron chi connectivity index (χ1n) is 3.90. The number of ether oxygens (including phenoxy) is 1. The summed E-state index contributed by atoms with van der Waals surface area (Å²) in [6, 6.07) is 0. The zero-order chi connectivity index (χ0) is 7.82. The third kappa shape index (κ3) is 16.2. The number of rotatable bonds is 5. The third-order valence-corrected chi connectivity index (χ3v) is 1.30. The van der Waals surface area contributed by atoms with E-state index in [0.29, 0.717) is 6.61 Å². The summed E-state index contributed by atoms with van der Waals surface area (Å²) < 4.78 is 4.75. The molecule has 2 heteroatoms. The van der Waals surface area contributed by atoms with Crippen molar-refractivity contribution in [1.29, 1.82) is 0 Å². The van der Waals surface area contributed by atoms with Gasteiger partial charge in [0.2, 0.25) is 0 Å². The van der Waals surface area contributed by atoms with Crippen LogP contribution in [0.15, 0.2) is 0 Å². The molecule has 2 nitrogen and oxygen atoms in total. The van der Waals surface area contributed by atoms with Crippen LogP contribution >= 0.6 is 0 Å². The van der Waals surface area contributed by atoms with Gasteiger partial charge in [-0.05, 0) is 6.42 Å². The molecule has 0 saturated heterocycles. The van der Waals surface area contributed by atoms with Gasteiger partial charge in [-0.1, -0.05) is 41.0 Å². The van der Waals surface area contributed by atoms with Crippen molar-refractivity contribution in [3.05, 3.63) is 0 Å². The van der Waals surface area contributed by atoms with Crippen LogP contribution < -0.4 is 0 Å². The minimum absolute atomic E-state index is 0. The Morgan fingerprint density at radius 2 is 1.75 bits per heavy atom. The van der Waals surface area contributed by atoms with Crippen molar-refractivity contribution in [3.8, 4) is 0 Å². The molecule has 0 N–H and O–H groups in total. The second-order valence-electron chi connectivity index (χ2n) is 2.40.